The minimum Gasteiger partial charge on any atom is -0.351 e. The SMILES string of the molecule is CS(=O)(=O)NCCCNC(=O)c1cn(-c2ccccc2)nn1. The Kier molecular flexibility index (Phi) is 5.23. The van der Waals surface area contributed by atoms with Crippen LogP contribution in [-0.2, 0) is 10.0 Å². The molecule has 1 amide bonds. The summed E-state index contributed by atoms with van der Waals surface area (Å²) in [7, 11) is -3.19. The largest absolute Gasteiger partial charge is 0.351 e. The van der Waals surface area contributed by atoms with Gasteiger partial charge in [-0.1, -0.05) is 23.4 Å². The van der Waals surface area contributed by atoms with Crippen molar-refractivity contribution in [3.05, 3.63) is 42.2 Å². The average Bonchev–Trinajstić information content (AvgIpc) is 2.96. The first-order chi connectivity index (χ1) is 10.5. The third-order valence-corrected chi connectivity index (χ3v) is 3.48. The summed E-state index contributed by atoms with van der Waals surface area (Å²) < 4.78 is 25.6. The van der Waals surface area contributed by atoms with Gasteiger partial charge in [0.1, 0.15) is 0 Å². The molecule has 2 rings (SSSR count). The summed E-state index contributed by atoms with van der Waals surface area (Å²) >= 11 is 0. The lowest BCUT2D eigenvalue weighted by atomic mass is 10.3. The number of rotatable bonds is 7. The molecule has 1 aromatic heterocycles. The lowest BCUT2D eigenvalue weighted by molar-refractivity contribution is 0.0948. The summed E-state index contributed by atoms with van der Waals surface area (Å²) in [6, 6.07) is 9.33. The predicted molar refractivity (Wildman–Crippen MR) is 81.2 cm³/mol. The lowest BCUT2D eigenvalue weighted by Crippen LogP contribution is -2.29. The number of aromatic nitrogens is 3. The smallest absolute Gasteiger partial charge is 0.273 e. The summed E-state index contributed by atoms with van der Waals surface area (Å²) in [5, 5.41) is 10.4. The molecular formula is C13H17N5O3S. The average molecular weight is 323 g/mol. The van der Waals surface area contributed by atoms with Gasteiger partial charge in [-0.15, -0.1) is 5.10 Å². The summed E-state index contributed by atoms with van der Waals surface area (Å²) in [5.74, 6) is -0.346. The molecule has 22 heavy (non-hydrogen) atoms. The number of benzene rings is 1. The summed E-state index contributed by atoms with van der Waals surface area (Å²) in [6.45, 7) is 0.620. The molecule has 0 saturated heterocycles. The van der Waals surface area contributed by atoms with Gasteiger partial charge < -0.3 is 5.32 Å². The minimum absolute atomic E-state index is 0.208. The number of hydrogen-bond acceptors (Lipinski definition) is 5. The maximum atomic E-state index is 11.9. The fourth-order valence-corrected chi connectivity index (χ4v) is 2.23. The van der Waals surface area contributed by atoms with Gasteiger partial charge in [0.2, 0.25) is 10.0 Å². The topological polar surface area (TPSA) is 106 Å². The number of carbonyl (C=O) groups excluding carboxylic acids is 1. The molecule has 0 radical (unpaired) electrons. The van der Waals surface area contributed by atoms with Gasteiger partial charge >= 0.3 is 0 Å². The van der Waals surface area contributed by atoms with E-state index in [9.17, 15) is 13.2 Å². The quantitative estimate of drug-likeness (QED) is 0.694. The maximum Gasteiger partial charge on any atom is 0.273 e. The van der Waals surface area contributed by atoms with Crippen LogP contribution in [0, 0.1) is 0 Å². The zero-order valence-electron chi connectivity index (χ0n) is 12.1. The van der Waals surface area contributed by atoms with Crippen molar-refractivity contribution >= 4 is 15.9 Å². The first-order valence-electron chi connectivity index (χ1n) is 6.66. The van der Waals surface area contributed by atoms with Crippen molar-refractivity contribution in [2.24, 2.45) is 0 Å². The summed E-state index contributed by atoms with van der Waals surface area (Å²) in [6.07, 6.45) is 3.12. The molecule has 0 aliphatic heterocycles. The second kappa shape index (κ2) is 7.14. The fraction of sp³-hybridized carbons (Fsp3) is 0.308. The van der Waals surface area contributed by atoms with Crippen molar-refractivity contribution in [3.8, 4) is 5.69 Å². The monoisotopic (exact) mass is 323 g/mol. The highest BCUT2D eigenvalue weighted by atomic mass is 32.2. The van der Waals surface area contributed by atoms with Crippen molar-refractivity contribution < 1.29 is 13.2 Å². The molecule has 118 valence electrons. The van der Waals surface area contributed by atoms with E-state index in [2.05, 4.69) is 20.4 Å². The van der Waals surface area contributed by atoms with Crippen LogP contribution in [0.5, 0.6) is 0 Å². The van der Waals surface area contributed by atoms with Crippen molar-refractivity contribution in [2.45, 2.75) is 6.42 Å². The Morgan fingerprint density at radius 1 is 1.23 bits per heavy atom. The molecule has 0 aliphatic carbocycles. The first-order valence-corrected chi connectivity index (χ1v) is 8.55. The van der Waals surface area contributed by atoms with Gasteiger partial charge in [0, 0.05) is 13.1 Å². The van der Waals surface area contributed by atoms with E-state index < -0.39 is 10.0 Å². The van der Waals surface area contributed by atoms with Gasteiger partial charge in [0.25, 0.3) is 5.91 Å². The molecular weight excluding hydrogens is 306 g/mol. The van der Waals surface area contributed by atoms with Gasteiger partial charge in [-0.05, 0) is 18.6 Å². The highest BCUT2D eigenvalue weighted by Gasteiger charge is 2.10. The third kappa shape index (κ3) is 4.93. The van der Waals surface area contributed by atoms with Gasteiger partial charge in [-0.2, -0.15) is 0 Å². The molecule has 1 aromatic carbocycles. The Labute approximate surface area is 128 Å². The molecule has 2 aromatic rings. The molecule has 8 nitrogen and oxygen atoms in total. The van der Waals surface area contributed by atoms with E-state index in [4.69, 9.17) is 0 Å². The van der Waals surface area contributed by atoms with E-state index in [0.717, 1.165) is 11.9 Å². The molecule has 0 unspecified atom stereocenters. The molecule has 2 N–H and O–H groups in total. The normalized spacial score (nSPS) is 11.3. The molecule has 0 fully saturated rings. The van der Waals surface area contributed by atoms with Crippen molar-refractivity contribution in [2.75, 3.05) is 19.3 Å². The van der Waals surface area contributed by atoms with Crippen LogP contribution in [0.1, 0.15) is 16.9 Å². The Balaban J connectivity index is 1.82. The lowest BCUT2D eigenvalue weighted by Gasteiger charge is -2.03. The number of nitrogens with zero attached hydrogens (tertiary/aromatic N) is 3. The maximum absolute atomic E-state index is 11.9. The van der Waals surface area contributed by atoms with E-state index in [0.29, 0.717) is 13.0 Å². The molecule has 0 bridgehead atoms. The Bertz CT molecular complexity index is 727. The molecule has 0 atom stereocenters. The minimum atomic E-state index is -3.19. The van der Waals surface area contributed by atoms with E-state index in [-0.39, 0.29) is 18.1 Å². The van der Waals surface area contributed by atoms with Crippen LogP contribution in [0.4, 0.5) is 0 Å². The summed E-state index contributed by atoms with van der Waals surface area (Å²) in [5.41, 5.74) is 1.02. The number of para-hydroxylation sites is 1. The van der Waals surface area contributed by atoms with Crippen molar-refractivity contribution in [1.82, 2.24) is 25.0 Å². The predicted octanol–water partition coefficient (Wildman–Crippen LogP) is -0.0636. The first kappa shape index (κ1) is 16.1. The van der Waals surface area contributed by atoms with Crippen LogP contribution in [-0.4, -0.2) is 48.7 Å². The second-order valence-corrected chi connectivity index (χ2v) is 6.49. The Morgan fingerprint density at radius 3 is 2.64 bits per heavy atom. The number of nitrogens with one attached hydrogen (secondary N) is 2. The van der Waals surface area contributed by atoms with E-state index in [1.165, 1.54) is 4.68 Å². The highest BCUT2D eigenvalue weighted by Crippen LogP contribution is 2.05. The molecule has 1 heterocycles. The van der Waals surface area contributed by atoms with E-state index in [1.807, 2.05) is 30.3 Å². The number of carbonyl (C=O) groups is 1. The van der Waals surface area contributed by atoms with Crippen LogP contribution >= 0.6 is 0 Å². The van der Waals surface area contributed by atoms with Gasteiger partial charge in [-0.25, -0.2) is 17.8 Å². The van der Waals surface area contributed by atoms with Gasteiger partial charge in [0.15, 0.2) is 5.69 Å². The zero-order valence-corrected chi connectivity index (χ0v) is 12.9. The van der Waals surface area contributed by atoms with Gasteiger partial charge in [-0.3, -0.25) is 4.79 Å². The molecule has 0 saturated carbocycles. The number of amides is 1. The number of sulfonamides is 1. The van der Waals surface area contributed by atoms with Crippen LogP contribution < -0.4 is 10.0 Å². The van der Waals surface area contributed by atoms with Crippen molar-refractivity contribution in [1.29, 1.82) is 0 Å². The van der Waals surface area contributed by atoms with Crippen molar-refractivity contribution in [3.63, 3.8) is 0 Å². The molecule has 0 spiro atoms. The molecule has 0 aliphatic rings. The van der Waals surface area contributed by atoms with Crippen LogP contribution in [0.2, 0.25) is 0 Å². The third-order valence-electron chi connectivity index (χ3n) is 2.75. The number of hydrogen-bond donors (Lipinski definition) is 2. The standard InChI is InChI=1S/C13H17N5O3S/c1-22(20,21)15-9-5-8-14-13(19)12-10-18(17-16-12)11-6-3-2-4-7-11/h2-4,6-7,10,15H,5,8-9H2,1H3,(H,14,19). The van der Waals surface area contributed by atoms with E-state index >= 15 is 0 Å². The second-order valence-electron chi connectivity index (χ2n) is 4.66. The Hall–Kier alpha value is -2.26. The zero-order chi connectivity index (χ0) is 16.0. The highest BCUT2D eigenvalue weighted by molar-refractivity contribution is 7.88. The van der Waals surface area contributed by atoms with Crippen LogP contribution in [0.25, 0.3) is 5.69 Å². The molecule has 9 heteroatoms. The van der Waals surface area contributed by atoms with Gasteiger partial charge in [0.05, 0.1) is 18.1 Å². The fourth-order valence-electron chi connectivity index (χ4n) is 1.71. The van der Waals surface area contributed by atoms with Crippen LogP contribution in [0.3, 0.4) is 0 Å². The van der Waals surface area contributed by atoms with Crippen LogP contribution in [0.15, 0.2) is 36.5 Å². The Morgan fingerprint density at radius 2 is 1.95 bits per heavy atom. The van der Waals surface area contributed by atoms with E-state index in [1.54, 1.807) is 6.20 Å². The summed E-state index contributed by atoms with van der Waals surface area (Å²) in [4.78, 5) is 11.9.